The number of carbonyl (C=O) groups is 1. The first-order valence-corrected chi connectivity index (χ1v) is 13.2. The van der Waals surface area contributed by atoms with E-state index in [2.05, 4.69) is 5.32 Å². The number of halogens is 1. The maximum atomic E-state index is 12.9. The number of hydrogen-bond acceptors (Lipinski definition) is 6. The molecule has 1 heterocycles. The lowest BCUT2D eigenvalue weighted by molar-refractivity contribution is -0.122. The summed E-state index contributed by atoms with van der Waals surface area (Å²) in [5, 5.41) is 3.04. The Morgan fingerprint density at radius 3 is 2.52 bits per heavy atom. The molecule has 0 spiro atoms. The van der Waals surface area contributed by atoms with Crippen molar-refractivity contribution in [1.82, 2.24) is 0 Å². The van der Waals surface area contributed by atoms with Crippen LogP contribution in [-0.4, -0.2) is 55.0 Å². The van der Waals surface area contributed by atoms with E-state index in [4.69, 9.17) is 16.3 Å². The average Bonchev–Trinajstić information content (AvgIpc) is 2.86. The molecule has 168 valence electrons. The molecule has 0 bridgehead atoms. The molecule has 2 aromatic carbocycles. The van der Waals surface area contributed by atoms with E-state index in [0.717, 1.165) is 21.1 Å². The van der Waals surface area contributed by atoms with Crippen LogP contribution in [-0.2, 0) is 24.8 Å². The molecule has 0 aliphatic carbocycles. The fraction of sp³-hybridized carbons (Fsp3) is 0.316. The van der Waals surface area contributed by atoms with E-state index in [1.165, 1.54) is 25.2 Å². The molecule has 3 rings (SSSR count). The average molecular weight is 488 g/mol. The van der Waals surface area contributed by atoms with Crippen LogP contribution < -0.4 is 18.7 Å². The number of sulfonamides is 2. The number of anilines is 3. The van der Waals surface area contributed by atoms with Crippen molar-refractivity contribution in [3.63, 3.8) is 0 Å². The molecule has 0 saturated heterocycles. The molecule has 2 aromatic rings. The lowest BCUT2D eigenvalue weighted by atomic mass is 10.2. The van der Waals surface area contributed by atoms with Crippen molar-refractivity contribution in [2.45, 2.75) is 12.5 Å². The molecule has 1 atom stereocenters. The number of carbonyl (C=O) groups excluding carboxylic acids is 1. The van der Waals surface area contributed by atoms with Gasteiger partial charge in [-0.15, -0.1) is 0 Å². The molecule has 1 amide bonds. The van der Waals surface area contributed by atoms with Gasteiger partial charge in [-0.3, -0.25) is 13.4 Å². The van der Waals surface area contributed by atoms with Gasteiger partial charge < -0.3 is 10.1 Å². The molecular weight excluding hydrogens is 466 g/mol. The first kappa shape index (κ1) is 23.2. The van der Waals surface area contributed by atoms with Crippen molar-refractivity contribution >= 4 is 54.6 Å². The Morgan fingerprint density at radius 1 is 1.16 bits per heavy atom. The van der Waals surface area contributed by atoms with E-state index in [-0.39, 0.29) is 24.4 Å². The Bertz CT molecular complexity index is 1220. The monoisotopic (exact) mass is 487 g/mol. The van der Waals surface area contributed by atoms with Crippen molar-refractivity contribution in [3.05, 3.63) is 47.5 Å². The zero-order chi connectivity index (χ0) is 23.0. The molecule has 1 aliphatic heterocycles. The highest BCUT2D eigenvalue weighted by Gasteiger charge is 2.31. The highest BCUT2D eigenvalue weighted by atomic mass is 35.5. The maximum Gasteiger partial charge on any atom is 0.265 e. The summed E-state index contributed by atoms with van der Waals surface area (Å²) < 4.78 is 56.1. The molecule has 0 fully saturated rings. The van der Waals surface area contributed by atoms with Crippen molar-refractivity contribution in [1.29, 1.82) is 0 Å². The fourth-order valence-electron chi connectivity index (χ4n) is 3.08. The second kappa shape index (κ2) is 8.56. The van der Waals surface area contributed by atoms with E-state index >= 15 is 0 Å². The minimum Gasteiger partial charge on any atom is -0.478 e. The summed E-state index contributed by atoms with van der Waals surface area (Å²) in [5.41, 5.74) is 1.02. The Balaban J connectivity index is 1.85. The Morgan fingerprint density at radius 2 is 1.87 bits per heavy atom. The van der Waals surface area contributed by atoms with E-state index in [1.54, 1.807) is 24.3 Å². The van der Waals surface area contributed by atoms with Crippen LogP contribution in [0.2, 0.25) is 5.02 Å². The van der Waals surface area contributed by atoms with Crippen molar-refractivity contribution in [2.24, 2.45) is 0 Å². The van der Waals surface area contributed by atoms with Gasteiger partial charge in [0.05, 0.1) is 23.9 Å². The third kappa shape index (κ3) is 5.41. The minimum atomic E-state index is -3.62. The minimum absolute atomic E-state index is 0.0289. The number of hydrogen-bond donors (Lipinski definition) is 1. The summed E-state index contributed by atoms with van der Waals surface area (Å²) in [6, 6.07) is 10.9. The Labute approximate surface area is 186 Å². The third-order valence-electron chi connectivity index (χ3n) is 4.72. The smallest absolute Gasteiger partial charge is 0.265 e. The highest BCUT2D eigenvalue weighted by Crippen LogP contribution is 2.36. The summed E-state index contributed by atoms with van der Waals surface area (Å²) >= 11 is 6.02. The van der Waals surface area contributed by atoms with E-state index < -0.39 is 32.1 Å². The van der Waals surface area contributed by atoms with E-state index in [0.29, 0.717) is 16.4 Å². The Kier molecular flexibility index (Phi) is 6.40. The van der Waals surface area contributed by atoms with Gasteiger partial charge in [-0.1, -0.05) is 17.7 Å². The zero-order valence-corrected chi connectivity index (χ0v) is 19.5. The number of rotatable bonds is 5. The van der Waals surface area contributed by atoms with Gasteiger partial charge in [-0.05, 0) is 36.4 Å². The molecule has 0 saturated carbocycles. The first-order valence-electron chi connectivity index (χ1n) is 9.15. The van der Waals surface area contributed by atoms with Crippen LogP contribution in [0, 0.1) is 0 Å². The van der Waals surface area contributed by atoms with Gasteiger partial charge in [-0.2, -0.15) is 0 Å². The SMILES string of the molecule is CN(c1cccc(NC(=O)C2CCN(S(C)(=O)=O)c3cc(Cl)ccc3O2)c1)S(C)(=O)=O. The van der Waals surface area contributed by atoms with E-state index in [1.807, 2.05) is 0 Å². The molecule has 0 aromatic heterocycles. The molecule has 31 heavy (non-hydrogen) atoms. The van der Waals surface area contributed by atoms with Crippen LogP contribution >= 0.6 is 11.6 Å². The van der Waals surface area contributed by atoms with Crippen LogP contribution in [0.5, 0.6) is 5.75 Å². The van der Waals surface area contributed by atoms with Crippen LogP contribution in [0.4, 0.5) is 17.1 Å². The van der Waals surface area contributed by atoms with Gasteiger partial charge in [0.25, 0.3) is 5.91 Å². The third-order valence-corrected chi connectivity index (χ3v) is 7.34. The number of fused-ring (bicyclic) bond motifs is 1. The predicted molar refractivity (Wildman–Crippen MR) is 121 cm³/mol. The number of amides is 1. The summed E-state index contributed by atoms with van der Waals surface area (Å²) in [6.45, 7) is 0.0289. The fourth-order valence-corrected chi connectivity index (χ4v) is 4.67. The van der Waals surface area contributed by atoms with Gasteiger partial charge in [0.1, 0.15) is 5.75 Å². The van der Waals surface area contributed by atoms with Gasteiger partial charge >= 0.3 is 0 Å². The van der Waals surface area contributed by atoms with Gasteiger partial charge in [-0.25, -0.2) is 16.8 Å². The summed E-state index contributed by atoms with van der Waals surface area (Å²) in [7, 11) is -5.67. The largest absolute Gasteiger partial charge is 0.478 e. The van der Waals surface area contributed by atoms with Crippen LogP contribution in [0.3, 0.4) is 0 Å². The lowest BCUT2D eigenvalue weighted by Crippen LogP contribution is -2.36. The maximum absolute atomic E-state index is 12.9. The molecule has 9 nitrogen and oxygen atoms in total. The van der Waals surface area contributed by atoms with Gasteiger partial charge in [0.15, 0.2) is 6.10 Å². The van der Waals surface area contributed by atoms with Crippen LogP contribution in [0.25, 0.3) is 0 Å². The standard InChI is InChI=1S/C19H22ClN3O6S2/c1-22(30(2,25)26)15-6-4-5-14(12-15)21-19(24)18-9-10-23(31(3,27)28)16-11-13(20)7-8-17(16)29-18/h4-8,11-12,18H,9-10H2,1-3H3,(H,21,24). The number of ether oxygens (including phenoxy) is 1. The van der Waals surface area contributed by atoms with Gasteiger partial charge in [0.2, 0.25) is 20.0 Å². The second-order valence-electron chi connectivity index (χ2n) is 7.11. The van der Waals surface area contributed by atoms with Crippen LogP contribution in [0.15, 0.2) is 42.5 Å². The number of nitrogens with zero attached hydrogens (tertiary/aromatic N) is 2. The number of benzene rings is 2. The summed E-state index contributed by atoms with van der Waals surface area (Å²) in [5.74, 6) is -0.270. The number of nitrogens with one attached hydrogen (secondary N) is 1. The van der Waals surface area contributed by atoms with Crippen LogP contribution in [0.1, 0.15) is 6.42 Å². The van der Waals surface area contributed by atoms with E-state index in [9.17, 15) is 21.6 Å². The van der Waals surface area contributed by atoms with Crippen molar-refractivity contribution in [3.8, 4) is 5.75 Å². The quantitative estimate of drug-likeness (QED) is 0.692. The normalized spacial score (nSPS) is 16.6. The van der Waals surface area contributed by atoms with Crippen molar-refractivity contribution < 1.29 is 26.4 Å². The van der Waals surface area contributed by atoms with Gasteiger partial charge in [0, 0.05) is 30.7 Å². The molecule has 1 N–H and O–H groups in total. The lowest BCUT2D eigenvalue weighted by Gasteiger charge is -2.21. The Hall–Kier alpha value is -2.50. The molecule has 1 unspecified atom stereocenters. The molecule has 12 heteroatoms. The summed E-state index contributed by atoms with van der Waals surface area (Å²) in [4.78, 5) is 12.9. The van der Waals surface area contributed by atoms with Crippen molar-refractivity contribution in [2.75, 3.05) is 40.0 Å². The topological polar surface area (TPSA) is 113 Å². The molecular formula is C19H22ClN3O6S2. The zero-order valence-electron chi connectivity index (χ0n) is 17.1. The summed E-state index contributed by atoms with van der Waals surface area (Å²) in [6.07, 6.45) is 1.29. The predicted octanol–water partition coefficient (Wildman–Crippen LogP) is 2.29. The first-order chi connectivity index (χ1) is 14.4. The molecule has 0 radical (unpaired) electrons. The highest BCUT2D eigenvalue weighted by molar-refractivity contribution is 7.92. The molecule has 1 aliphatic rings. The second-order valence-corrected chi connectivity index (χ2v) is 11.5.